The standard InChI is InChI=1S/C22H24N8O2S/c1-29-10-12-30(13-11-29)33(31,32)18-5-2-16(3-6-18)27-22-23-9-8-21(28-22)26-17-4-7-19-20(14-17)25-15-24-19/h2-9,14-15H,10-13H2,1H3,(H,24,25)(H2,23,26,27,28). The van der Waals surface area contributed by atoms with Gasteiger partial charge in [0.2, 0.25) is 16.0 Å². The molecule has 0 aliphatic carbocycles. The Morgan fingerprint density at radius 1 is 0.909 bits per heavy atom. The zero-order valence-corrected chi connectivity index (χ0v) is 18.9. The number of piperazine rings is 1. The summed E-state index contributed by atoms with van der Waals surface area (Å²) in [5.74, 6) is 1.03. The average Bonchev–Trinajstić information content (AvgIpc) is 3.28. The van der Waals surface area contributed by atoms with Crippen molar-refractivity contribution in [2.24, 2.45) is 0 Å². The van der Waals surface area contributed by atoms with Crippen LogP contribution in [-0.2, 0) is 10.0 Å². The molecule has 0 spiro atoms. The molecule has 0 unspecified atom stereocenters. The lowest BCUT2D eigenvalue weighted by molar-refractivity contribution is 0.222. The number of fused-ring (bicyclic) bond motifs is 1. The highest BCUT2D eigenvalue weighted by molar-refractivity contribution is 7.89. The van der Waals surface area contributed by atoms with Crippen LogP contribution in [0, 0.1) is 0 Å². The quantitative estimate of drug-likeness (QED) is 0.399. The zero-order chi connectivity index (χ0) is 22.8. The molecule has 3 heterocycles. The van der Waals surface area contributed by atoms with E-state index in [1.807, 2.05) is 25.2 Å². The van der Waals surface area contributed by atoms with Gasteiger partial charge in [-0.15, -0.1) is 0 Å². The second-order valence-electron chi connectivity index (χ2n) is 7.88. The molecule has 170 valence electrons. The van der Waals surface area contributed by atoms with Crippen molar-refractivity contribution in [3.8, 4) is 0 Å². The molecule has 3 N–H and O–H groups in total. The maximum absolute atomic E-state index is 12.9. The molecular formula is C22H24N8O2S. The summed E-state index contributed by atoms with van der Waals surface area (Å²) in [6, 6.07) is 14.2. The summed E-state index contributed by atoms with van der Waals surface area (Å²) in [5, 5.41) is 6.38. The topological polar surface area (TPSA) is 119 Å². The summed E-state index contributed by atoms with van der Waals surface area (Å²) >= 11 is 0. The van der Waals surface area contributed by atoms with Gasteiger partial charge in [-0.2, -0.15) is 9.29 Å². The lowest BCUT2D eigenvalue weighted by Gasteiger charge is -2.31. The van der Waals surface area contributed by atoms with E-state index in [-0.39, 0.29) is 4.90 Å². The Morgan fingerprint density at radius 3 is 2.45 bits per heavy atom. The summed E-state index contributed by atoms with van der Waals surface area (Å²) < 4.78 is 27.3. The molecule has 1 aliphatic rings. The van der Waals surface area contributed by atoms with Crippen LogP contribution in [0.4, 0.5) is 23.1 Å². The number of H-pyrrole nitrogens is 1. The average molecular weight is 465 g/mol. The second-order valence-corrected chi connectivity index (χ2v) is 9.82. The highest BCUT2D eigenvalue weighted by atomic mass is 32.2. The predicted molar refractivity (Wildman–Crippen MR) is 127 cm³/mol. The van der Waals surface area contributed by atoms with Crippen molar-refractivity contribution in [1.29, 1.82) is 0 Å². The molecule has 4 aromatic rings. The van der Waals surface area contributed by atoms with Crippen molar-refractivity contribution in [2.45, 2.75) is 4.90 Å². The van der Waals surface area contributed by atoms with E-state index in [0.29, 0.717) is 30.5 Å². The van der Waals surface area contributed by atoms with Crippen molar-refractivity contribution >= 4 is 44.2 Å². The van der Waals surface area contributed by atoms with Gasteiger partial charge in [0.15, 0.2) is 0 Å². The van der Waals surface area contributed by atoms with Crippen LogP contribution in [0.5, 0.6) is 0 Å². The molecule has 1 aliphatic heterocycles. The molecule has 33 heavy (non-hydrogen) atoms. The maximum Gasteiger partial charge on any atom is 0.243 e. The molecule has 5 rings (SSSR count). The molecule has 2 aromatic heterocycles. The van der Waals surface area contributed by atoms with E-state index < -0.39 is 10.0 Å². The first kappa shape index (κ1) is 21.3. The first-order valence-electron chi connectivity index (χ1n) is 10.6. The van der Waals surface area contributed by atoms with E-state index in [4.69, 9.17) is 0 Å². The number of aromatic amines is 1. The Balaban J connectivity index is 1.27. The van der Waals surface area contributed by atoms with Crippen LogP contribution in [0.2, 0.25) is 0 Å². The minimum Gasteiger partial charge on any atom is -0.345 e. The number of hydrogen-bond acceptors (Lipinski definition) is 8. The monoisotopic (exact) mass is 464 g/mol. The number of aromatic nitrogens is 4. The van der Waals surface area contributed by atoms with Gasteiger partial charge in [-0.3, -0.25) is 0 Å². The van der Waals surface area contributed by atoms with Crippen molar-refractivity contribution in [3.63, 3.8) is 0 Å². The van der Waals surface area contributed by atoms with Gasteiger partial charge in [0.25, 0.3) is 0 Å². The van der Waals surface area contributed by atoms with Crippen molar-refractivity contribution < 1.29 is 8.42 Å². The molecule has 0 atom stereocenters. The summed E-state index contributed by atoms with van der Waals surface area (Å²) in [5.41, 5.74) is 3.39. The van der Waals surface area contributed by atoms with E-state index in [2.05, 4.69) is 35.5 Å². The molecular weight excluding hydrogens is 440 g/mol. The Bertz CT molecular complexity index is 1360. The third-order valence-electron chi connectivity index (χ3n) is 5.56. The molecule has 1 saturated heterocycles. The fraction of sp³-hybridized carbons (Fsp3) is 0.227. The second kappa shape index (κ2) is 8.77. The largest absolute Gasteiger partial charge is 0.345 e. The number of benzene rings is 2. The lowest BCUT2D eigenvalue weighted by atomic mass is 10.3. The minimum absolute atomic E-state index is 0.281. The molecule has 0 bridgehead atoms. The normalized spacial score (nSPS) is 15.5. The Kier molecular flexibility index (Phi) is 5.67. The molecule has 11 heteroatoms. The highest BCUT2D eigenvalue weighted by Gasteiger charge is 2.27. The van der Waals surface area contributed by atoms with Gasteiger partial charge in [-0.05, 0) is 55.6 Å². The first-order chi connectivity index (χ1) is 16.0. The molecule has 0 amide bonds. The van der Waals surface area contributed by atoms with E-state index in [1.165, 1.54) is 4.31 Å². The van der Waals surface area contributed by atoms with Crippen LogP contribution < -0.4 is 10.6 Å². The fourth-order valence-electron chi connectivity index (χ4n) is 3.67. The van der Waals surface area contributed by atoms with Gasteiger partial charge in [0.05, 0.1) is 22.3 Å². The summed E-state index contributed by atoms with van der Waals surface area (Å²) in [4.78, 5) is 18.5. The number of hydrogen-bond donors (Lipinski definition) is 3. The zero-order valence-electron chi connectivity index (χ0n) is 18.1. The molecule has 10 nitrogen and oxygen atoms in total. The Labute approximate surface area is 191 Å². The fourth-order valence-corrected chi connectivity index (χ4v) is 5.09. The van der Waals surface area contributed by atoms with Gasteiger partial charge in [-0.1, -0.05) is 0 Å². The Morgan fingerprint density at radius 2 is 1.67 bits per heavy atom. The van der Waals surface area contributed by atoms with E-state index >= 15 is 0 Å². The maximum atomic E-state index is 12.9. The van der Waals surface area contributed by atoms with Crippen LogP contribution in [0.1, 0.15) is 0 Å². The Hall–Kier alpha value is -3.54. The van der Waals surface area contributed by atoms with E-state index in [0.717, 1.165) is 29.8 Å². The number of likely N-dealkylation sites (N-methyl/N-ethyl adjacent to an activating group) is 1. The third kappa shape index (κ3) is 4.65. The van der Waals surface area contributed by atoms with Gasteiger partial charge < -0.3 is 20.5 Å². The molecule has 1 fully saturated rings. The number of rotatable bonds is 6. The van der Waals surface area contributed by atoms with E-state index in [1.54, 1.807) is 42.9 Å². The number of sulfonamides is 1. The third-order valence-corrected chi connectivity index (χ3v) is 7.47. The van der Waals surface area contributed by atoms with Crippen LogP contribution in [0.25, 0.3) is 11.0 Å². The summed E-state index contributed by atoms with van der Waals surface area (Å²) in [6.07, 6.45) is 3.31. The number of anilines is 4. The molecule has 2 aromatic carbocycles. The highest BCUT2D eigenvalue weighted by Crippen LogP contribution is 2.23. The molecule has 0 saturated carbocycles. The number of nitrogens with zero attached hydrogens (tertiary/aromatic N) is 5. The lowest BCUT2D eigenvalue weighted by Crippen LogP contribution is -2.46. The van der Waals surface area contributed by atoms with E-state index in [9.17, 15) is 8.42 Å². The summed E-state index contributed by atoms with van der Waals surface area (Å²) in [7, 11) is -1.50. The SMILES string of the molecule is CN1CCN(S(=O)(=O)c2ccc(Nc3nccc(Nc4ccc5nc[nH]c5c4)n3)cc2)CC1. The van der Waals surface area contributed by atoms with Crippen molar-refractivity contribution in [2.75, 3.05) is 43.9 Å². The van der Waals surface area contributed by atoms with Crippen molar-refractivity contribution in [1.82, 2.24) is 29.1 Å². The van der Waals surface area contributed by atoms with Gasteiger partial charge in [0.1, 0.15) is 5.82 Å². The molecule has 0 radical (unpaired) electrons. The van der Waals surface area contributed by atoms with Crippen molar-refractivity contribution in [3.05, 3.63) is 61.1 Å². The van der Waals surface area contributed by atoms with Crippen LogP contribution in [-0.4, -0.2) is 70.8 Å². The van der Waals surface area contributed by atoms with Crippen LogP contribution >= 0.6 is 0 Å². The smallest absolute Gasteiger partial charge is 0.243 e. The number of imidazole rings is 1. The van der Waals surface area contributed by atoms with Crippen LogP contribution in [0.15, 0.2) is 66.0 Å². The van der Waals surface area contributed by atoms with Gasteiger partial charge >= 0.3 is 0 Å². The van der Waals surface area contributed by atoms with Crippen LogP contribution in [0.3, 0.4) is 0 Å². The predicted octanol–water partition coefficient (Wildman–Crippen LogP) is 2.78. The van der Waals surface area contributed by atoms with Gasteiger partial charge in [-0.25, -0.2) is 18.4 Å². The summed E-state index contributed by atoms with van der Waals surface area (Å²) in [6.45, 7) is 2.46. The minimum atomic E-state index is -3.50. The first-order valence-corrected chi connectivity index (χ1v) is 12.0. The van der Waals surface area contributed by atoms with Gasteiger partial charge in [0, 0.05) is 43.8 Å². The number of nitrogens with one attached hydrogen (secondary N) is 3.